The highest BCUT2D eigenvalue weighted by Crippen LogP contribution is 2.35. The van der Waals surface area contributed by atoms with Crippen molar-refractivity contribution in [1.82, 2.24) is 14.8 Å². The average Bonchev–Trinajstić information content (AvgIpc) is 2.70. The number of benzene rings is 1. The molecule has 7 heteroatoms. The first kappa shape index (κ1) is 14.2. The van der Waals surface area contributed by atoms with Crippen molar-refractivity contribution in [3.63, 3.8) is 0 Å². The molecule has 2 aromatic rings. The molecule has 0 saturated carbocycles. The molecule has 2 N–H and O–H groups in total. The van der Waals surface area contributed by atoms with Crippen LogP contribution in [0.15, 0.2) is 22.2 Å². The van der Waals surface area contributed by atoms with Gasteiger partial charge in [0.15, 0.2) is 5.16 Å². The molecule has 1 aromatic carbocycles. The van der Waals surface area contributed by atoms with Crippen LogP contribution in [0.4, 0.5) is 10.1 Å². The summed E-state index contributed by atoms with van der Waals surface area (Å²) >= 11 is 1.26. The van der Waals surface area contributed by atoms with Crippen LogP contribution in [0.1, 0.15) is 25.1 Å². The number of halogens is 1. The van der Waals surface area contributed by atoms with Gasteiger partial charge < -0.3 is 15.0 Å². The lowest BCUT2D eigenvalue weighted by molar-refractivity contribution is 0.414. The molecule has 2 heterocycles. The van der Waals surface area contributed by atoms with Crippen LogP contribution in [-0.4, -0.2) is 21.9 Å². The molecule has 0 radical (unpaired) electrons. The summed E-state index contributed by atoms with van der Waals surface area (Å²) in [6, 6.07) is 2.88. The lowest BCUT2D eigenvalue weighted by Gasteiger charge is -2.10. The van der Waals surface area contributed by atoms with Gasteiger partial charge in [0.05, 0.1) is 17.7 Å². The van der Waals surface area contributed by atoms with E-state index in [0.717, 1.165) is 36.8 Å². The largest absolute Gasteiger partial charge is 0.495 e. The summed E-state index contributed by atoms with van der Waals surface area (Å²) < 4.78 is 21.3. The van der Waals surface area contributed by atoms with Gasteiger partial charge in [0.1, 0.15) is 17.4 Å². The Morgan fingerprint density at radius 3 is 2.95 bits per heavy atom. The summed E-state index contributed by atoms with van der Waals surface area (Å²) in [6.07, 6.45) is 4.36. The third-order valence-electron chi connectivity index (χ3n) is 3.56. The van der Waals surface area contributed by atoms with Crippen LogP contribution in [0.5, 0.6) is 5.75 Å². The minimum absolute atomic E-state index is 0.291. The van der Waals surface area contributed by atoms with E-state index in [1.54, 1.807) is 6.07 Å². The molecule has 0 amide bonds. The number of hydrogen-bond acceptors (Lipinski definition) is 5. The van der Waals surface area contributed by atoms with Gasteiger partial charge in [-0.25, -0.2) is 4.39 Å². The molecule has 5 nitrogen and oxygen atoms in total. The van der Waals surface area contributed by atoms with Crippen molar-refractivity contribution in [3.8, 4) is 5.75 Å². The second kappa shape index (κ2) is 5.93. The molecule has 0 saturated heterocycles. The van der Waals surface area contributed by atoms with Crippen molar-refractivity contribution in [2.75, 3.05) is 12.8 Å². The average molecular weight is 308 g/mol. The second-order valence-corrected chi connectivity index (χ2v) is 6.00. The Morgan fingerprint density at radius 1 is 1.29 bits per heavy atom. The predicted molar refractivity (Wildman–Crippen MR) is 79.1 cm³/mol. The van der Waals surface area contributed by atoms with Crippen molar-refractivity contribution < 1.29 is 9.13 Å². The van der Waals surface area contributed by atoms with Gasteiger partial charge in [-0.3, -0.25) is 0 Å². The minimum atomic E-state index is -0.371. The van der Waals surface area contributed by atoms with E-state index < -0.39 is 0 Å². The molecule has 0 spiro atoms. The summed E-state index contributed by atoms with van der Waals surface area (Å²) in [6.45, 7) is 0.887. The molecular formula is C14H17FN4OS. The summed E-state index contributed by atoms with van der Waals surface area (Å²) in [4.78, 5) is 0.445. The number of nitrogens with zero attached hydrogens (tertiary/aromatic N) is 3. The SMILES string of the molecule is COc1cc(Sc2nnc3n2CCCCC3)c(F)cc1N. The number of anilines is 1. The lowest BCUT2D eigenvalue weighted by Crippen LogP contribution is -2.02. The van der Waals surface area contributed by atoms with Gasteiger partial charge in [-0.1, -0.05) is 6.42 Å². The Morgan fingerprint density at radius 2 is 2.14 bits per heavy atom. The smallest absolute Gasteiger partial charge is 0.196 e. The summed E-state index contributed by atoms with van der Waals surface area (Å²) in [5, 5.41) is 9.13. The Hall–Kier alpha value is -1.76. The van der Waals surface area contributed by atoms with Crippen LogP contribution in [0.3, 0.4) is 0 Å². The monoisotopic (exact) mass is 308 g/mol. The number of aryl methyl sites for hydroxylation is 1. The fourth-order valence-electron chi connectivity index (χ4n) is 2.44. The van der Waals surface area contributed by atoms with Crippen LogP contribution in [0, 0.1) is 5.82 Å². The maximum Gasteiger partial charge on any atom is 0.196 e. The standard InChI is InChI=1S/C14H17FN4OS/c1-20-11-8-12(9(15)7-10(11)16)21-14-18-17-13-5-3-2-4-6-19(13)14/h7-8H,2-6,16H2,1H3. The van der Waals surface area contributed by atoms with Gasteiger partial charge in [-0.2, -0.15) is 0 Å². The molecule has 3 rings (SSSR count). The maximum absolute atomic E-state index is 14.1. The topological polar surface area (TPSA) is 66.0 Å². The van der Waals surface area contributed by atoms with Crippen LogP contribution in [-0.2, 0) is 13.0 Å². The maximum atomic E-state index is 14.1. The second-order valence-electron chi connectivity index (χ2n) is 4.99. The van der Waals surface area contributed by atoms with E-state index >= 15 is 0 Å². The first-order chi connectivity index (χ1) is 10.2. The zero-order chi connectivity index (χ0) is 14.8. The Kier molecular flexibility index (Phi) is 4.01. The van der Waals surface area contributed by atoms with E-state index in [-0.39, 0.29) is 5.82 Å². The van der Waals surface area contributed by atoms with E-state index in [0.29, 0.717) is 16.3 Å². The lowest BCUT2D eigenvalue weighted by atomic mass is 10.2. The summed E-state index contributed by atoms with van der Waals surface area (Å²) in [5.74, 6) is 1.08. The molecule has 0 aliphatic carbocycles. The Bertz CT molecular complexity index is 659. The molecule has 21 heavy (non-hydrogen) atoms. The number of ether oxygens (including phenoxy) is 1. The molecule has 1 aliphatic rings. The van der Waals surface area contributed by atoms with E-state index in [1.165, 1.54) is 31.4 Å². The van der Waals surface area contributed by atoms with Gasteiger partial charge in [-0.15, -0.1) is 10.2 Å². The summed E-state index contributed by atoms with van der Waals surface area (Å²) in [5.41, 5.74) is 5.99. The normalized spacial score (nSPS) is 14.6. The number of fused-ring (bicyclic) bond motifs is 1. The third kappa shape index (κ3) is 2.83. The quantitative estimate of drug-likeness (QED) is 0.883. The van der Waals surface area contributed by atoms with E-state index in [2.05, 4.69) is 14.8 Å². The molecule has 0 fully saturated rings. The van der Waals surface area contributed by atoms with Crippen LogP contribution in [0.25, 0.3) is 0 Å². The minimum Gasteiger partial charge on any atom is -0.495 e. The van der Waals surface area contributed by atoms with E-state index in [1.807, 2.05) is 0 Å². The van der Waals surface area contributed by atoms with Gasteiger partial charge in [0.25, 0.3) is 0 Å². The highest BCUT2D eigenvalue weighted by atomic mass is 32.2. The highest BCUT2D eigenvalue weighted by molar-refractivity contribution is 7.99. The summed E-state index contributed by atoms with van der Waals surface area (Å²) in [7, 11) is 1.52. The van der Waals surface area contributed by atoms with Crippen LogP contribution in [0.2, 0.25) is 0 Å². The Labute approximate surface area is 126 Å². The predicted octanol–water partition coefficient (Wildman–Crippen LogP) is 2.89. The van der Waals surface area contributed by atoms with Crippen molar-refractivity contribution in [2.45, 2.75) is 42.3 Å². The molecule has 0 atom stereocenters. The van der Waals surface area contributed by atoms with Crippen LogP contribution >= 0.6 is 11.8 Å². The number of rotatable bonds is 3. The number of aromatic nitrogens is 3. The molecule has 1 aliphatic heterocycles. The molecule has 112 valence electrons. The number of methoxy groups -OCH3 is 1. The van der Waals surface area contributed by atoms with Crippen molar-refractivity contribution in [2.24, 2.45) is 0 Å². The van der Waals surface area contributed by atoms with Gasteiger partial charge >= 0.3 is 0 Å². The van der Waals surface area contributed by atoms with Crippen molar-refractivity contribution in [1.29, 1.82) is 0 Å². The fourth-order valence-corrected chi connectivity index (χ4v) is 3.34. The van der Waals surface area contributed by atoms with Gasteiger partial charge in [0, 0.05) is 19.0 Å². The molecule has 0 bridgehead atoms. The molecular weight excluding hydrogens is 291 g/mol. The number of hydrogen-bond donors (Lipinski definition) is 1. The zero-order valence-electron chi connectivity index (χ0n) is 11.8. The number of nitrogen functional groups attached to an aromatic ring is 1. The van der Waals surface area contributed by atoms with Gasteiger partial charge in [0.2, 0.25) is 0 Å². The van der Waals surface area contributed by atoms with Crippen molar-refractivity contribution in [3.05, 3.63) is 23.8 Å². The fraction of sp³-hybridized carbons (Fsp3) is 0.429. The Balaban J connectivity index is 1.92. The van der Waals surface area contributed by atoms with Crippen molar-refractivity contribution >= 4 is 17.4 Å². The molecule has 0 unspecified atom stereocenters. The van der Waals surface area contributed by atoms with Gasteiger partial charge in [-0.05, 0) is 30.7 Å². The first-order valence-electron chi connectivity index (χ1n) is 6.92. The van der Waals surface area contributed by atoms with E-state index in [9.17, 15) is 4.39 Å². The highest BCUT2D eigenvalue weighted by Gasteiger charge is 2.18. The molecule has 1 aromatic heterocycles. The third-order valence-corrected chi connectivity index (χ3v) is 4.58. The first-order valence-corrected chi connectivity index (χ1v) is 7.73. The number of nitrogens with two attached hydrogens (primary N) is 1. The van der Waals surface area contributed by atoms with E-state index in [4.69, 9.17) is 10.5 Å². The zero-order valence-corrected chi connectivity index (χ0v) is 12.6. The van der Waals surface area contributed by atoms with Crippen LogP contribution < -0.4 is 10.5 Å².